The fourth-order valence-electron chi connectivity index (χ4n) is 5.31. The fraction of sp³-hybridized carbons (Fsp3) is 0.296. The molecule has 0 atom stereocenters. The van der Waals surface area contributed by atoms with E-state index in [1.54, 1.807) is 0 Å². The van der Waals surface area contributed by atoms with E-state index in [9.17, 15) is 4.79 Å². The van der Waals surface area contributed by atoms with Crippen LogP contribution in [-0.2, 0) is 0 Å². The SMILES string of the molecule is O=c1[nH]c2ccccc2n1C1CCN(CCCN2c3ccccc3Sc3ccccc32)CC1. The molecule has 6 heteroatoms. The highest BCUT2D eigenvalue weighted by molar-refractivity contribution is 7.99. The molecule has 2 aliphatic rings. The van der Waals surface area contributed by atoms with Crippen LogP contribution in [0.25, 0.3) is 11.0 Å². The first-order valence-electron chi connectivity index (χ1n) is 11.8. The molecular formula is C27H28N4OS. The molecule has 0 bridgehead atoms. The Labute approximate surface area is 198 Å². The topological polar surface area (TPSA) is 44.3 Å². The number of nitrogens with one attached hydrogen (secondary N) is 1. The minimum absolute atomic E-state index is 0.0231. The molecule has 0 aliphatic carbocycles. The number of likely N-dealkylation sites (tertiary alicyclic amines) is 1. The van der Waals surface area contributed by atoms with Crippen molar-refractivity contribution in [2.24, 2.45) is 0 Å². The van der Waals surface area contributed by atoms with Crippen LogP contribution >= 0.6 is 11.8 Å². The Kier molecular flexibility index (Phi) is 5.48. The summed E-state index contributed by atoms with van der Waals surface area (Å²) in [5.41, 5.74) is 4.62. The smallest absolute Gasteiger partial charge is 0.326 e. The Bertz CT molecular complexity index is 1290. The maximum atomic E-state index is 12.6. The van der Waals surface area contributed by atoms with Crippen LogP contribution in [0.2, 0.25) is 0 Å². The van der Waals surface area contributed by atoms with Crippen LogP contribution in [0.15, 0.2) is 87.4 Å². The largest absolute Gasteiger partial charge is 0.340 e. The Morgan fingerprint density at radius 1 is 0.818 bits per heavy atom. The third-order valence-corrected chi connectivity index (χ3v) is 8.06. The van der Waals surface area contributed by atoms with Gasteiger partial charge in [0.25, 0.3) is 0 Å². The van der Waals surface area contributed by atoms with Crippen molar-refractivity contribution in [3.63, 3.8) is 0 Å². The van der Waals surface area contributed by atoms with Gasteiger partial charge in [-0.1, -0.05) is 48.2 Å². The predicted molar refractivity (Wildman–Crippen MR) is 136 cm³/mol. The molecule has 0 spiro atoms. The summed E-state index contributed by atoms with van der Waals surface area (Å²) in [5.74, 6) is 0. The quantitative estimate of drug-likeness (QED) is 0.421. The highest BCUT2D eigenvalue weighted by atomic mass is 32.2. The fourth-order valence-corrected chi connectivity index (χ4v) is 6.41. The number of aromatic nitrogens is 2. The van der Waals surface area contributed by atoms with Crippen molar-refractivity contribution in [3.05, 3.63) is 83.3 Å². The molecule has 0 radical (unpaired) electrons. The normalized spacial score (nSPS) is 16.7. The second kappa shape index (κ2) is 8.76. The minimum Gasteiger partial charge on any atom is -0.340 e. The zero-order valence-electron chi connectivity index (χ0n) is 18.6. The number of hydrogen-bond donors (Lipinski definition) is 1. The molecule has 5 nitrogen and oxygen atoms in total. The van der Waals surface area contributed by atoms with E-state index in [2.05, 4.69) is 63.3 Å². The highest BCUT2D eigenvalue weighted by Crippen LogP contribution is 2.47. The summed E-state index contributed by atoms with van der Waals surface area (Å²) in [5, 5.41) is 0. The highest BCUT2D eigenvalue weighted by Gasteiger charge is 2.25. The number of benzene rings is 3. The van der Waals surface area contributed by atoms with Gasteiger partial charge in [-0.05, 0) is 62.2 Å². The van der Waals surface area contributed by atoms with E-state index in [-0.39, 0.29) is 11.7 Å². The lowest BCUT2D eigenvalue weighted by molar-refractivity contribution is 0.186. The summed E-state index contributed by atoms with van der Waals surface area (Å²) < 4.78 is 1.98. The van der Waals surface area contributed by atoms with Gasteiger partial charge in [0.05, 0.1) is 22.4 Å². The monoisotopic (exact) mass is 456 g/mol. The van der Waals surface area contributed by atoms with E-state index in [1.165, 1.54) is 21.2 Å². The van der Waals surface area contributed by atoms with Crippen LogP contribution in [-0.4, -0.2) is 40.6 Å². The number of piperidine rings is 1. The average molecular weight is 457 g/mol. The summed E-state index contributed by atoms with van der Waals surface area (Å²) in [6, 6.07) is 25.7. The lowest BCUT2D eigenvalue weighted by atomic mass is 10.0. The molecule has 1 aromatic heterocycles. The molecule has 0 saturated carbocycles. The second-order valence-corrected chi connectivity index (χ2v) is 10.0. The first kappa shape index (κ1) is 20.6. The van der Waals surface area contributed by atoms with Gasteiger partial charge in [-0.2, -0.15) is 0 Å². The van der Waals surface area contributed by atoms with Crippen molar-refractivity contribution in [2.75, 3.05) is 31.1 Å². The van der Waals surface area contributed by atoms with Gasteiger partial charge in [0.2, 0.25) is 0 Å². The third-order valence-electron chi connectivity index (χ3n) is 6.93. The zero-order chi connectivity index (χ0) is 22.2. The lowest BCUT2D eigenvalue weighted by Crippen LogP contribution is -2.38. The van der Waals surface area contributed by atoms with E-state index in [0.717, 1.165) is 56.5 Å². The van der Waals surface area contributed by atoms with Gasteiger partial charge in [-0.15, -0.1) is 0 Å². The van der Waals surface area contributed by atoms with Gasteiger partial charge >= 0.3 is 5.69 Å². The molecule has 1 N–H and O–H groups in total. The van der Waals surface area contributed by atoms with Crippen molar-refractivity contribution in [2.45, 2.75) is 35.1 Å². The van der Waals surface area contributed by atoms with Crippen molar-refractivity contribution < 1.29 is 0 Å². The molecule has 1 fully saturated rings. The molecule has 3 heterocycles. The molecule has 0 unspecified atom stereocenters. The Morgan fingerprint density at radius 3 is 2.18 bits per heavy atom. The van der Waals surface area contributed by atoms with Crippen LogP contribution in [0.4, 0.5) is 11.4 Å². The molecule has 3 aromatic carbocycles. The number of para-hydroxylation sites is 4. The van der Waals surface area contributed by atoms with Gasteiger partial charge in [-0.25, -0.2) is 4.79 Å². The van der Waals surface area contributed by atoms with Gasteiger partial charge in [-0.3, -0.25) is 4.57 Å². The molecule has 1 saturated heterocycles. The molecular weight excluding hydrogens is 428 g/mol. The number of H-pyrrole nitrogens is 1. The summed E-state index contributed by atoms with van der Waals surface area (Å²) in [4.78, 5) is 23.3. The average Bonchev–Trinajstić information content (AvgIpc) is 3.19. The van der Waals surface area contributed by atoms with Crippen molar-refractivity contribution in [1.82, 2.24) is 14.5 Å². The Hall–Kier alpha value is -2.96. The van der Waals surface area contributed by atoms with Gasteiger partial charge in [0, 0.05) is 35.5 Å². The molecule has 33 heavy (non-hydrogen) atoms. The van der Waals surface area contributed by atoms with E-state index >= 15 is 0 Å². The first-order chi connectivity index (χ1) is 16.3. The maximum Gasteiger partial charge on any atom is 0.326 e. The van der Waals surface area contributed by atoms with Crippen molar-refractivity contribution in [1.29, 1.82) is 0 Å². The zero-order valence-corrected chi connectivity index (χ0v) is 19.4. The van der Waals surface area contributed by atoms with Gasteiger partial charge in [0.15, 0.2) is 0 Å². The Morgan fingerprint density at radius 2 is 1.45 bits per heavy atom. The lowest BCUT2D eigenvalue weighted by Gasteiger charge is -2.35. The number of rotatable bonds is 5. The standard InChI is InChI=1S/C27H28N4OS/c32-27-28-21-8-1-2-9-22(21)31(27)20-14-18-29(19-15-20)16-7-17-30-23-10-3-5-12-25(23)33-26-13-6-4-11-24(26)30/h1-6,8-13,20H,7,14-19H2,(H,28,32). The van der Waals surface area contributed by atoms with Crippen LogP contribution in [0, 0.1) is 0 Å². The number of anilines is 2. The predicted octanol–water partition coefficient (Wildman–Crippen LogP) is 5.66. The summed E-state index contributed by atoms with van der Waals surface area (Å²) in [7, 11) is 0. The number of nitrogens with zero attached hydrogens (tertiary/aromatic N) is 3. The van der Waals surface area contributed by atoms with Crippen LogP contribution in [0.5, 0.6) is 0 Å². The first-order valence-corrected chi connectivity index (χ1v) is 12.6. The van der Waals surface area contributed by atoms with Gasteiger partial charge in [0.1, 0.15) is 0 Å². The molecule has 2 aliphatic heterocycles. The second-order valence-electron chi connectivity index (χ2n) is 8.93. The minimum atomic E-state index is 0.0231. The third kappa shape index (κ3) is 3.87. The van der Waals surface area contributed by atoms with E-state index in [4.69, 9.17) is 0 Å². The van der Waals surface area contributed by atoms with E-state index in [1.807, 2.05) is 40.6 Å². The number of hydrogen-bond acceptors (Lipinski definition) is 4. The van der Waals surface area contributed by atoms with Crippen molar-refractivity contribution >= 4 is 34.2 Å². The van der Waals surface area contributed by atoms with E-state index < -0.39 is 0 Å². The molecule has 0 amide bonds. The molecule has 4 aromatic rings. The Balaban J connectivity index is 1.10. The van der Waals surface area contributed by atoms with Crippen LogP contribution in [0.3, 0.4) is 0 Å². The van der Waals surface area contributed by atoms with Crippen LogP contribution < -0.4 is 10.6 Å². The van der Waals surface area contributed by atoms with Crippen LogP contribution in [0.1, 0.15) is 25.3 Å². The maximum absolute atomic E-state index is 12.6. The summed E-state index contributed by atoms with van der Waals surface area (Å²) in [6.45, 7) is 4.18. The number of fused-ring (bicyclic) bond motifs is 3. The van der Waals surface area contributed by atoms with E-state index in [0.29, 0.717) is 0 Å². The van der Waals surface area contributed by atoms with Gasteiger partial charge < -0.3 is 14.8 Å². The summed E-state index contributed by atoms with van der Waals surface area (Å²) >= 11 is 1.87. The van der Waals surface area contributed by atoms with Crippen molar-refractivity contribution in [3.8, 4) is 0 Å². The molecule has 6 rings (SSSR count). The molecule has 168 valence electrons. The number of imidazole rings is 1. The summed E-state index contributed by atoms with van der Waals surface area (Å²) in [6.07, 6.45) is 3.16. The number of aromatic amines is 1.